The highest BCUT2D eigenvalue weighted by Crippen LogP contribution is 2.49. The molecule has 1 atom stereocenters. The first-order chi connectivity index (χ1) is 19.3. The standard InChI is InChI=1S/C31H33N3.C3H5NS/c1-4-15-34(16-5-1)31-32-19-24(20-33-31)22-11-13-25-23(17-22)12-14-28-26-9-2-3-10-27(26)29(18-30(25)28)21-7-6-8-21;1-2-5-3-4-1/h2,9,11-14,17,19-21,29H,1,3-8,10,15-16,18H2;3H,1-2H2. The molecule has 3 aromatic rings. The first-order valence-electron chi connectivity index (χ1n) is 15.0. The lowest BCUT2D eigenvalue weighted by molar-refractivity contribution is 0.227. The maximum Gasteiger partial charge on any atom is 0.225 e. The van der Waals surface area contributed by atoms with Gasteiger partial charge in [0.05, 0.1) is 5.55 Å². The van der Waals surface area contributed by atoms with Crippen molar-refractivity contribution in [3.63, 3.8) is 0 Å². The minimum atomic E-state index is 0.752. The Bertz CT molecular complexity index is 1420. The van der Waals surface area contributed by atoms with E-state index in [4.69, 9.17) is 9.97 Å². The lowest BCUT2D eigenvalue weighted by Crippen LogP contribution is -2.30. The fourth-order valence-electron chi connectivity index (χ4n) is 7.00. The minimum Gasteiger partial charge on any atom is -0.341 e. The van der Waals surface area contributed by atoms with E-state index in [0.29, 0.717) is 0 Å². The van der Waals surface area contributed by atoms with Crippen molar-refractivity contribution >= 4 is 39.6 Å². The van der Waals surface area contributed by atoms with Gasteiger partial charge in [-0.3, -0.25) is 4.99 Å². The number of aromatic nitrogens is 2. The molecule has 2 fully saturated rings. The average Bonchev–Trinajstić information content (AvgIpc) is 3.57. The summed E-state index contributed by atoms with van der Waals surface area (Å²) in [4.78, 5) is 15.7. The number of thioether (sulfide) groups is 1. The number of fused-ring (bicyclic) bond motifs is 4. The van der Waals surface area contributed by atoms with Crippen molar-refractivity contribution in [3.05, 3.63) is 71.6 Å². The normalized spacial score (nSPS) is 22.3. The molecule has 3 heterocycles. The van der Waals surface area contributed by atoms with Gasteiger partial charge < -0.3 is 4.90 Å². The van der Waals surface area contributed by atoms with Gasteiger partial charge in [0.1, 0.15) is 0 Å². The topological polar surface area (TPSA) is 41.4 Å². The summed E-state index contributed by atoms with van der Waals surface area (Å²) in [6.45, 7) is 3.19. The second-order valence-corrected chi connectivity index (χ2v) is 12.6. The van der Waals surface area contributed by atoms with Crippen LogP contribution in [0.1, 0.15) is 62.5 Å². The predicted molar refractivity (Wildman–Crippen MR) is 167 cm³/mol. The number of benzene rings is 2. The lowest BCUT2D eigenvalue weighted by Gasteiger charge is -2.40. The number of nitrogens with zero attached hydrogens (tertiary/aromatic N) is 4. The molecule has 1 aromatic heterocycles. The molecular formula is C34H38N4S. The molecule has 2 aliphatic heterocycles. The summed E-state index contributed by atoms with van der Waals surface area (Å²) >= 11 is 1.78. The van der Waals surface area contributed by atoms with Crippen LogP contribution in [0.3, 0.4) is 0 Å². The summed E-state index contributed by atoms with van der Waals surface area (Å²) in [6, 6.07) is 11.7. The molecule has 0 spiro atoms. The number of rotatable bonds is 3. The van der Waals surface area contributed by atoms with Crippen LogP contribution in [0.2, 0.25) is 0 Å². The number of hydrogen-bond donors (Lipinski definition) is 0. The molecule has 200 valence electrons. The number of anilines is 1. The van der Waals surface area contributed by atoms with Crippen LogP contribution in [0.4, 0.5) is 5.95 Å². The van der Waals surface area contributed by atoms with Crippen LogP contribution in [0.25, 0.3) is 27.5 Å². The predicted octanol–water partition coefficient (Wildman–Crippen LogP) is 8.12. The Kier molecular flexibility index (Phi) is 7.26. The van der Waals surface area contributed by atoms with Crippen molar-refractivity contribution in [2.75, 3.05) is 30.3 Å². The summed E-state index contributed by atoms with van der Waals surface area (Å²) in [5.74, 6) is 3.72. The van der Waals surface area contributed by atoms with Crippen LogP contribution < -0.4 is 4.90 Å². The van der Waals surface area contributed by atoms with E-state index in [1.54, 1.807) is 22.9 Å². The summed E-state index contributed by atoms with van der Waals surface area (Å²) in [6.07, 6.45) is 20.6. The second-order valence-electron chi connectivity index (χ2n) is 11.6. The van der Waals surface area contributed by atoms with E-state index in [-0.39, 0.29) is 0 Å². The third kappa shape index (κ3) is 5.06. The van der Waals surface area contributed by atoms with Crippen molar-refractivity contribution in [2.45, 2.75) is 57.8 Å². The monoisotopic (exact) mass is 534 g/mol. The van der Waals surface area contributed by atoms with Gasteiger partial charge in [0.15, 0.2) is 0 Å². The summed E-state index contributed by atoms with van der Waals surface area (Å²) in [5, 5.41) is 2.77. The highest BCUT2D eigenvalue weighted by molar-refractivity contribution is 8.12. The van der Waals surface area contributed by atoms with Gasteiger partial charge in [0, 0.05) is 43.3 Å². The van der Waals surface area contributed by atoms with Gasteiger partial charge in [-0.05, 0) is 102 Å². The fourth-order valence-corrected chi connectivity index (χ4v) is 7.53. The first kappa shape index (κ1) is 25.1. The summed E-state index contributed by atoms with van der Waals surface area (Å²) in [5.41, 5.74) is 10.6. The van der Waals surface area contributed by atoms with Crippen LogP contribution in [0.15, 0.2) is 65.4 Å². The van der Waals surface area contributed by atoms with E-state index in [1.807, 2.05) is 17.9 Å². The Morgan fingerprint density at radius 1 is 0.897 bits per heavy atom. The van der Waals surface area contributed by atoms with E-state index in [9.17, 15) is 0 Å². The van der Waals surface area contributed by atoms with Crippen LogP contribution in [-0.2, 0) is 6.42 Å². The Balaban J connectivity index is 0.000000458. The quantitative estimate of drug-likeness (QED) is 0.340. The molecule has 0 amide bonds. The Morgan fingerprint density at radius 2 is 1.77 bits per heavy atom. The van der Waals surface area contributed by atoms with Gasteiger partial charge in [-0.1, -0.05) is 48.4 Å². The molecule has 5 heteroatoms. The van der Waals surface area contributed by atoms with Crippen LogP contribution in [-0.4, -0.2) is 40.9 Å². The van der Waals surface area contributed by atoms with E-state index < -0.39 is 0 Å². The van der Waals surface area contributed by atoms with Crippen molar-refractivity contribution in [1.82, 2.24) is 9.97 Å². The SMILES string of the molecule is C1=CC2=C(CC1)C(C1CCC1)Cc1c2ccc2cc(-c3cnc(N4CCCCC4)nc3)ccc12.C1=NCCS1. The van der Waals surface area contributed by atoms with Crippen LogP contribution in [0.5, 0.6) is 0 Å². The van der Waals surface area contributed by atoms with Crippen LogP contribution >= 0.6 is 11.8 Å². The minimum absolute atomic E-state index is 0.752. The zero-order valence-corrected chi connectivity index (χ0v) is 23.6. The molecule has 8 rings (SSSR count). The first-order valence-corrected chi connectivity index (χ1v) is 16.0. The molecule has 39 heavy (non-hydrogen) atoms. The fraction of sp³-hybridized carbons (Fsp3) is 0.441. The maximum absolute atomic E-state index is 4.72. The summed E-state index contributed by atoms with van der Waals surface area (Å²) in [7, 11) is 0. The van der Waals surface area contributed by atoms with E-state index in [0.717, 1.165) is 43.0 Å². The molecule has 2 aromatic carbocycles. The van der Waals surface area contributed by atoms with Crippen molar-refractivity contribution in [3.8, 4) is 11.1 Å². The zero-order chi connectivity index (χ0) is 26.0. The Labute approximate surface area is 236 Å². The molecule has 0 radical (unpaired) electrons. The second kappa shape index (κ2) is 11.3. The lowest BCUT2D eigenvalue weighted by atomic mass is 9.64. The van der Waals surface area contributed by atoms with Gasteiger partial charge in [-0.15, -0.1) is 11.8 Å². The van der Waals surface area contributed by atoms with Gasteiger partial charge >= 0.3 is 0 Å². The Morgan fingerprint density at radius 3 is 2.49 bits per heavy atom. The molecule has 0 N–H and O–H groups in total. The van der Waals surface area contributed by atoms with Crippen LogP contribution in [0, 0.1) is 11.8 Å². The maximum atomic E-state index is 4.72. The van der Waals surface area contributed by atoms with E-state index >= 15 is 0 Å². The van der Waals surface area contributed by atoms with Gasteiger partial charge in [0.2, 0.25) is 5.95 Å². The molecular weight excluding hydrogens is 496 g/mol. The van der Waals surface area contributed by atoms with Crippen molar-refractivity contribution in [1.29, 1.82) is 0 Å². The molecule has 5 aliphatic rings. The third-order valence-electron chi connectivity index (χ3n) is 9.32. The smallest absolute Gasteiger partial charge is 0.225 e. The van der Waals surface area contributed by atoms with E-state index in [1.165, 1.54) is 91.0 Å². The van der Waals surface area contributed by atoms with Gasteiger partial charge in [0.25, 0.3) is 0 Å². The largest absolute Gasteiger partial charge is 0.341 e. The van der Waals surface area contributed by atoms with E-state index in [2.05, 4.69) is 52.4 Å². The molecule has 4 nitrogen and oxygen atoms in total. The van der Waals surface area contributed by atoms with Gasteiger partial charge in [-0.2, -0.15) is 0 Å². The third-order valence-corrected chi connectivity index (χ3v) is 10.0. The number of allylic oxidation sites excluding steroid dienone is 4. The molecule has 0 bridgehead atoms. The molecule has 1 unspecified atom stereocenters. The number of aliphatic imine (C=N–C) groups is 1. The highest BCUT2D eigenvalue weighted by atomic mass is 32.2. The number of piperidine rings is 1. The number of hydrogen-bond acceptors (Lipinski definition) is 5. The average molecular weight is 535 g/mol. The molecule has 1 saturated heterocycles. The Hall–Kier alpha value is -2.92. The zero-order valence-electron chi connectivity index (χ0n) is 22.8. The van der Waals surface area contributed by atoms with Gasteiger partial charge in [-0.25, -0.2) is 9.97 Å². The highest BCUT2D eigenvalue weighted by Gasteiger charge is 2.35. The molecule has 1 saturated carbocycles. The van der Waals surface area contributed by atoms with Crippen molar-refractivity contribution in [2.24, 2.45) is 16.8 Å². The van der Waals surface area contributed by atoms with Crippen molar-refractivity contribution < 1.29 is 0 Å². The molecule has 3 aliphatic carbocycles. The summed E-state index contributed by atoms with van der Waals surface area (Å²) < 4.78 is 0.